The highest BCUT2D eigenvalue weighted by molar-refractivity contribution is 5.78. The molecule has 18 heavy (non-hydrogen) atoms. The van der Waals surface area contributed by atoms with Gasteiger partial charge in [0.1, 0.15) is 11.0 Å². The third-order valence-corrected chi connectivity index (χ3v) is 3.78. The van der Waals surface area contributed by atoms with Gasteiger partial charge in [0.15, 0.2) is 11.5 Å². The van der Waals surface area contributed by atoms with Gasteiger partial charge in [-0.2, -0.15) is 0 Å². The van der Waals surface area contributed by atoms with Gasteiger partial charge in [0.05, 0.1) is 0 Å². The van der Waals surface area contributed by atoms with E-state index in [2.05, 4.69) is 14.9 Å². The third-order valence-electron chi connectivity index (χ3n) is 3.78. The minimum atomic E-state index is -0.450. The Kier molecular flexibility index (Phi) is 2.04. The largest absolute Gasteiger partial charge is 0.448 e. The summed E-state index contributed by atoms with van der Waals surface area (Å²) in [6.07, 6.45) is 6.75. The average molecular weight is 246 g/mol. The summed E-state index contributed by atoms with van der Waals surface area (Å²) in [4.78, 5) is 0. The molecule has 1 aliphatic carbocycles. The van der Waals surface area contributed by atoms with Gasteiger partial charge in [-0.3, -0.25) is 0 Å². The van der Waals surface area contributed by atoms with Crippen LogP contribution in [0.2, 0.25) is 0 Å². The molecule has 5 heteroatoms. The number of fused-ring (bicyclic) bond motifs is 2. The van der Waals surface area contributed by atoms with E-state index in [9.17, 15) is 0 Å². The highest BCUT2D eigenvalue weighted by Gasteiger charge is 2.41. The average Bonchev–Trinajstić information content (AvgIpc) is 2.85. The van der Waals surface area contributed by atoms with Crippen LogP contribution in [0.3, 0.4) is 0 Å². The van der Waals surface area contributed by atoms with Gasteiger partial charge in [-0.15, -0.1) is 0 Å². The van der Waals surface area contributed by atoms with Crippen LogP contribution < -0.4 is 9.47 Å². The summed E-state index contributed by atoms with van der Waals surface area (Å²) >= 11 is 0. The van der Waals surface area contributed by atoms with Crippen LogP contribution in [0.5, 0.6) is 11.5 Å². The minimum absolute atomic E-state index is 0.450. The minimum Gasteiger partial charge on any atom is -0.448 e. The van der Waals surface area contributed by atoms with Crippen molar-refractivity contribution in [1.82, 2.24) is 10.3 Å². The Morgan fingerprint density at radius 3 is 1.94 bits per heavy atom. The molecule has 5 nitrogen and oxygen atoms in total. The van der Waals surface area contributed by atoms with Crippen molar-refractivity contribution >= 4 is 11.0 Å². The molecule has 0 amide bonds. The maximum absolute atomic E-state index is 6.06. The molecular formula is C13H14N2O3. The fraction of sp³-hybridized carbons (Fsp3) is 0.538. The number of hydrogen-bond acceptors (Lipinski definition) is 5. The first-order chi connectivity index (χ1) is 8.85. The first-order valence-electron chi connectivity index (χ1n) is 6.49. The van der Waals surface area contributed by atoms with E-state index in [0.29, 0.717) is 11.0 Å². The van der Waals surface area contributed by atoms with E-state index in [4.69, 9.17) is 9.47 Å². The molecule has 0 unspecified atom stereocenters. The second-order valence-corrected chi connectivity index (χ2v) is 5.08. The highest BCUT2D eigenvalue weighted by Crippen LogP contribution is 2.46. The third kappa shape index (κ3) is 1.46. The van der Waals surface area contributed by atoms with E-state index in [0.717, 1.165) is 37.2 Å². The van der Waals surface area contributed by atoms with E-state index < -0.39 is 5.79 Å². The van der Waals surface area contributed by atoms with Crippen LogP contribution in [0.25, 0.3) is 11.0 Å². The lowest BCUT2D eigenvalue weighted by Gasteiger charge is -2.25. The normalized spacial score (nSPS) is 21.3. The molecule has 1 aromatic heterocycles. The molecule has 0 N–H and O–H groups in total. The standard InChI is InChI=1S/C13H14N2O3/c1-2-4-6-13(5-3-1)16-11-7-9-10(15-18-14-9)8-12(11)17-13/h7-8H,1-6H2. The molecule has 0 atom stereocenters. The van der Waals surface area contributed by atoms with Gasteiger partial charge >= 0.3 is 0 Å². The number of nitrogens with zero attached hydrogens (tertiary/aromatic N) is 2. The lowest BCUT2D eigenvalue weighted by atomic mass is 10.1. The van der Waals surface area contributed by atoms with Crippen LogP contribution in [-0.2, 0) is 0 Å². The molecule has 2 heterocycles. The second kappa shape index (κ2) is 3.60. The van der Waals surface area contributed by atoms with Gasteiger partial charge in [0.25, 0.3) is 5.79 Å². The van der Waals surface area contributed by atoms with Gasteiger partial charge in [0.2, 0.25) is 0 Å². The SMILES string of the molecule is c1c2c(cc3nonc13)OC1(CCCCCC1)O2. The summed E-state index contributed by atoms with van der Waals surface area (Å²) in [7, 11) is 0. The van der Waals surface area contributed by atoms with Crippen LogP contribution in [0, 0.1) is 0 Å². The molecule has 4 rings (SSSR count). The molecule has 94 valence electrons. The zero-order chi connectivity index (χ0) is 12.0. The summed E-state index contributed by atoms with van der Waals surface area (Å²) in [5, 5.41) is 7.65. The van der Waals surface area contributed by atoms with Crippen molar-refractivity contribution in [3.63, 3.8) is 0 Å². The van der Waals surface area contributed by atoms with E-state index in [1.807, 2.05) is 12.1 Å². The molecule has 1 aliphatic heterocycles. The molecule has 0 bridgehead atoms. The van der Waals surface area contributed by atoms with Gasteiger partial charge < -0.3 is 9.47 Å². The molecule has 2 aliphatic rings. The van der Waals surface area contributed by atoms with Gasteiger partial charge in [-0.25, -0.2) is 4.63 Å². The lowest BCUT2D eigenvalue weighted by molar-refractivity contribution is -0.0899. The van der Waals surface area contributed by atoms with Crippen LogP contribution in [0.15, 0.2) is 16.8 Å². The predicted molar refractivity (Wildman–Crippen MR) is 63.5 cm³/mol. The number of hydrogen-bond donors (Lipinski definition) is 0. The van der Waals surface area contributed by atoms with Crippen LogP contribution in [-0.4, -0.2) is 16.1 Å². The van der Waals surface area contributed by atoms with Crippen molar-refractivity contribution in [1.29, 1.82) is 0 Å². The van der Waals surface area contributed by atoms with Crippen molar-refractivity contribution < 1.29 is 14.1 Å². The summed E-state index contributed by atoms with van der Waals surface area (Å²) in [5.74, 6) is 1.08. The van der Waals surface area contributed by atoms with Crippen LogP contribution >= 0.6 is 0 Å². The predicted octanol–water partition coefficient (Wildman–Crippen LogP) is 3.04. The van der Waals surface area contributed by atoms with Crippen molar-refractivity contribution in [3.05, 3.63) is 12.1 Å². The van der Waals surface area contributed by atoms with Gasteiger partial charge in [0, 0.05) is 25.0 Å². The Balaban J connectivity index is 1.73. The molecule has 1 saturated carbocycles. The Morgan fingerprint density at radius 2 is 1.39 bits per heavy atom. The summed E-state index contributed by atoms with van der Waals surface area (Å²) in [6.45, 7) is 0. The smallest absolute Gasteiger partial charge is 0.251 e. The molecule has 1 aromatic carbocycles. The fourth-order valence-corrected chi connectivity index (χ4v) is 2.85. The Morgan fingerprint density at radius 1 is 0.833 bits per heavy atom. The van der Waals surface area contributed by atoms with Crippen molar-refractivity contribution in [2.75, 3.05) is 0 Å². The van der Waals surface area contributed by atoms with Crippen LogP contribution in [0.4, 0.5) is 0 Å². The zero-order valence-corrected chi connectivity index (χ0v) is 10.0. The maximum atomic E-state index is 6.06. The molecule has 1 spiro atoms. The number of benzene rings is 1. The van der Waals surface area contributed by atoms with Gasteiger partial charge in [-0.1, -0.05) is 12.8 Å². The van der Waals surface area contributed by atoms with Gasteiger partial charge in [-0.05, 0) is 23.2 Å². The van der Waals surface area contributed by atoms with Crippen molar-refractivity contribution in [2.45, 2.75) is 44.3 Å². The van der Waals surface area contributed by atoms with E-state index in [-0.39, 0.29) is 0 Å². The topological polar surface area (TPSA) is 57.4 Å². The summed E-state index contributed by atoms with van der Waals surface area (Å²) < 4.78 is 16.8. The maximum Gasteiger partial charge on any atom is 0.251 e. The van der Waals surface area contributed by atoms with Crippen molar-refractivity contribution in [2.24, 2.45) is 0 Å². The number of aromatic nitrogens is 2. The molecular weight excluding hydrogens is 232 g/mol. The molecule has 0 saturated heterocycles. The molecule has 1 fully saturated rings. The number of ether oxygens (including phenoxy) is 2. The molecule has 2 aromatic rings. The Hall–Kier alpha value is -1.78. The highest BCUT2D eigenvalue weighted by atomic mass is 16.7. The second-order valence-electron chi connectivity index (χ2n) is 5.08. The quantitative estimate of drug-likeness (QED) is 0.715. The monoisotopic (exact) mass is 246 g/mol. The lowest BCUT2D eigenvalue weighted by Crippen LogP contribution is -2.37. The summed E-state index contributed by atoms with van der Waals surface area (Å²) in [5.41, 5.74) is 1.42. The van der Waals surface area contributed by atoms with E-state index in [1.165, 1.54) is 12.8 Å². The first-order valence-corrected chi connectivity index (χ1v) is 6.49. The fourth-order valence-electron chi connectivity index (χ4n) is 2.85. The van der Waals surface area contributed by atoms with Crippen LogP contribution in [0.1, 0.15) is 38.5 Å². The Labute approximate surface area is 104 Å². The zero-order valence-electron chi connectivity index (χ0n) is 10.0. The van der Waals surface area contributed by atoms with E-state index in [1.54, 1.807) is 0 Å². The Bertz CT molecular complexity index is 543. The van der Waals surface area contributed by atoms with Crippen molar-refractivity contribution in [3.8, 4) is 11.5 Å². The molecule has 0 radical (unpaired) electrons. The first kappa shape index (κ1) is 10.2. The van der Waals surface area contributed by atoms with E-state index >= 15 is 0 Å². The summed E-state index contributed by atoms with van der Waals surface area (Å²) in [6, 6.07) is 3.70. The number of rotatable bonds is 0.